The van der Waals surface area contributed by atoms with E-state index in [1.165, 1.54) is 0 Å². The molecule has 84 heavy (non-hydrogen) atoms. The highest BCUT2D eigenvalue weighted by Gasteiger charge is 2.42. The van der Waals surface area contributed by atoms with E-state index in [2.05, 4.69) is 43.4 Å². The Labute approximate surface area is 490 Å². The maximum absolute atomic E-state index is 14.8. The van der Waals surface area contributed by atoms with Gasteiger partial charge in [0.05, 0.1) is 35.9 Å². The van der Waals surface area contributed by atoms with Crippen molar-refractivity contribution in [2.45, 2.75) is 162 Å². The van der Waals surface area contributed by atoms with E-state index in [-0.39, 0.29) is 48.8 Å². The van der Waals surface area contributed by atoms with Gasteiger partial charge in [-0.15, -0.1) is 0 Å². The van der Waals surface area contributed by atoms with Gasteiger partial charge in [0.25, 0.3) is 0 Å². The van der Waals surface area contributed by atoms with Gasteiger partial charge in [0, 0.05) is 52.4 Å². The Hall–Kier alpha value is -8.42. The van der Waals surface area contributed by atoms with Crippen LogP contribution in [0.25, 0.3) is 33.6 Å². The van der Waals surface area contributed by atoms with Gasteiger partial charge in [0.2, 0.25) is 23.6 Å². The molecular formula is C64H78N10O10. The topological polar surface area (TPSA) is 251 Å². The van der Waals surface area contributed by atoms with Crippen molar-refractivity contribution in [3.05, 3.63) is 120 Å². The largest absolute Gasteiger partial charge is 0.488 e. The number of imidazole rings is 2. The zero-order chi connectivity index (χ0) is 59.8. The highest BCUT2D eigenvalue weighted by Crippen LogP contribution is 2.51. The first-order valence-electron chi connectivity index (χ1n) is 29.3. The number of aromatic nitrogens is 4. The van der Waals surface area contributed by atoms with Crippen molar-refractivity contribution in [1.29, 1.82) is 0 Å². The monoisotopic (exact) mass is 1150 g/mol. The summed E-state index contributed by atoms with van der Waals surface area (Å²) in [6.07, 6.45) is 13.2. The van der Waals surface area contributed by atoms with E-state index in [0.29, 0.717) is 61.1 Å². The molecule has 0 bridgehead atoms. The number of alkyl carbamates (subject to hydrolysis) is 2. The van der Waals surface area contributed by atoms with Crippen LogP contribution in [0.4, 0.5) is 9.59 Å². The minimum atomic E-state index is -1.03. The van der Waals surface area contributed by atoms with Crippen LogP contribution in [0.1, 0.15) is 148 Å². The predicted molar refractivity (Wildman–Crippen MR) is 315 cm³/mol. The molecule has 0 saturated carbocycles. The number of benzene rings is 3. The van der Waals surface area contributed by atoms with Crippen molar-refractivity contribution < 1.29 is 47.7 Å². The number of hydrogen-bond acceptors (Lipinski definition) is 12. The van der Waals surface area contributed by atoms with Gasteiger partial charge in [-0.05, 0) is 115 Å². The molecule has 5 aliphatic rings. The number of aromatic amines is 2. The van der Waals surface area contributed by atoms with Crippen LogP contribution < -0.4 is 30.7 Å². The summed E-state index contributed by atoms with van der Waals surface area (Å²) in [4.78, 5) is 103. The molecule has 0 spiro atoms. The van der Waals surface area contributed by atoms with Crippen LogP contribution in [0, 0.1) is 17.8 Å². The Morgan fingerprint density at radius 1 is 0.631 bits per heavy atom. The van der Waals surface area contributed by atoms with Crippen molar-refractivity contribution in [1.82, 2.24) is 51.0 Å². The Kier molecular flexibility index (Phi) is 16.8. The summed E-state index contributed by atoms with van der Waals surface area (Å²) in [5, 5.41) is 11.5. The molecule has 2 aromatic heterocycles. The SMILES string of the molecule is CC(C)[C@H](NC(=O)OC(C)(C)C)C(=O)N[C@@H](C(=O)N1CCC[C@H]1c1ncc(-c2cc3c4c(c2)OCc2cc(-c5cnc([C@@H]6CCCN6C(=O)[C@H](NC(=O)[C@@H](NC(=O)OC(C)(C)C)C(C)C)C6C=CC=CC6)[nH]5)cc(c2-4)OC3)[nH]1)c1ccccc1. The van der Waals surface area contributed by atoms with Gasteiger partial charge in [0.15, 0.2) is 0 Å². The average Bonchev–Trinajstić information content (AvgIpc) is 3.71. The highest BCUT2D eigenvalue weighted by atomic mass is 16.6. The second-order valence-corrected chi connectivity index (χ2v) is 25.1. The lowest BCUT2D eigenvalue weighted by molar-refractivity contribution is -0.139. The summed E-state index contributed by atoms with van der Waals surface area (Å²) in [7, 11) is 0. The number of nitrogens with one attached hydrogen (secondary N) is 6. The van der Waals surface area contributed by atoms with Crippen molar-refractivity contribution in [3.63, 3.8) is 0 Å². The number of H-pyrrole nitrogens is 2. The van der Waals surface area contributed by atoms with Gasteiger partial charge < -0.3 is 60.0 Å². The molecule has 6 heterocycles. The lowest BCUT2D eigenvalue weighted by Crippen LogP contribution is -2.58. The quantitative estimate of drug-likeness (QED) is 0.0540. The minimum absolute atomic E-state index is 0.222. The first-order chi connectivity index (χ1) is 40.0. The Morgan fingerprint density at radius 3 is 1.58 bits per heavy atom. The third kappa shape index (κ3) is 12.9. The zero-order valence-corrected chi connectivity index (χ0v) is 49.6. The third-order valence-electron chi connectivity index (χ3n) is 15.8. The first kappa shape index (κ1) is 58.8. The number of allylic oxidation sites excluding steroid dienone is 3. The number of amides is 6. The van der Waals surface area contributed by atoms with E-state index in [1.807, 2.05) is 87.2 Å². The summed E-state index contributed by atoms with van der Waals surface area (Å²) >= 11 is 0. The lowest BCUT2D eigenvalue weighted by Gasteiger charge is -2.33. The molecule has 0 radical (unpaired) electrons. The molecule has 5 aromatic rings. The Bertz CT molecular complexity index is 3320. The fraction of sp³-hybridized carbons (Fsp3) is 0.469. The van der Waals surface area contributed by atoms with E-state index < -0.39 is 65.4 Å². The van der Waals surface area contributed by atoms with Crippen LogP contribution in [-0.4, -0.2) is 108 Å². The van der Waals surface area contributed by atoms with E-state index in [1.54, 1.807) is 71.0 Å². The van der Waals surface area contributed by atoms with Crippen molar-refractivity contribution >= 4 is 35.8 Å². The molecule has 4 aliphatic heterocycles. The van der Waals surface area contributed by atoms with Crippen LogP contribution >= 0.6 is 0 Å². The predicted octanol–water partition coefficient (Wildman–Crippen LogP) is 9.82. The molecule has 20 heteroatoms. The van der Waals surface area contributed by atoms with Crippen LogP contribution in [-0.2, 0) is 41.9 Å². The molecule has 1 unspecified atom stereocenters. The number of carbonyl (C=O) groups is 6. The second-order valence-electron chi connectivity index (χ2n) is 25.1. The summed E-state index contributed by atoms with van der Waals surface area (Å²) in [6, 6.07) is 12.7. The number of rotatable bonds is 16. The fourth-order valence-corrected chi connectivity index (χ4v) is 11.8. The highest BCUT2D eigenvalue weighted by molar-refractivity contribution is 5.94. The Balaban J connectivity index is 0.841. The number of carbonyl (C=O) groups excluding carboxylic acids is 6. The zero-order valence-electron chi connectivity index (χ0n) is 49.6. The summed E-state index contributed by atoms with van der Waals surface area (Å²) in [6.45, 7) is 19.3. The molecule has 7 atom stereocenters. The number of likely N-dealkylation sites (tertiary alicyclic amines) is 2. The number of nitrogens with zero attached hydrogens (tertiary/aromatic N) is 4. The molecule has 20 nitrogen and oxygen atoms in total. The average molecular weight is 1150 g/mol. The summed E-state index contributed by atoms with van der Waals surface area (Å²) < 4.78 is 24.0. The third-order valence-corrected chi connectivity index (χ3v) is 15.8. The van der Waals surface area contributed by atoms with Crippen LogP contribution in [0.3, 0.4) is 0 Å². The summed E-state index contributed by atoms with van der Waals surface area (Å²) in [5.74, 6) is 0.306. The van der Waals surface area contributed by atoms with Gasteiger partial charge in [-0.25, -0.2) is 19.6 Å². The fourth-order valence-electron chi connectivity index (χ4n) is 11.8. The first-order valence-corrected chi connectivity index (χ1v) is 29.3. The molecule has 10 rings (SSSR count). The molecule has 6 amide bonds. The molecule has 2 fully saturated rings. The number of hydrogen-bond donors (Lipinski definition) is 6. The number of ether oxygens (including phenoxy) is 4. The van der Waals surface area contributed by atoms with E-state index in [0.717, 1.165) is 57.6 Å². The van der Waals surface area contributed by atoms with Crippen LogP contribution in [0.15, 0.2) is 91.3 Å². The minimum Gasteiger partial charge on any atom is -0.488 e. The molecule has 6 N–H and O–H groups in total. The van der Waals surface area contributed by atoms with Crippen molar-refractivity contribution in [3.8, 4) is 45.1 Å². The summed E-state index contributed by atoms with van der Waals surface area (Å²) in [5.41, 5.74) is 6.10. The van der Waals surface area contributed by atoms with E-state index >= 15 is 0 Å². The van der Waals surface area contributed by atoms with Gasteiger partial charge >= 0.3 is 12.2 Å². The molecule has 2 saturated heterocycles. The molecule has 3 aromatic carbocycles. The van der Waals surface area contributed by atoms with Crippen LogP contribution in [0.2, 0.25) is 0 Å². The van der Waals surface area contributed by atoms with Gasteiger partial charge in [-0.1, -0.05) is 82.3 Å². The molecular weight excluding hydrogens is 1070 g/mol. The normalized spacial score (nSPS) is 19.4. The lowest BCUT2D eigenvalue weighted by atomic mass is 9.87. The van der Waals surface area contributed by atoms with E-state index in [4.69, 9.17) is 28.9 Å². The van der Waals surface area contributed by atoms with Crippen LogP contribution in [0.5, 0.6) is 11.5 Å². The Morgan fingerprint density at radius 2 is 1.12 bits per heavy atom. The maximum atomic E-state index is 14.8. The van der Waals surface area contributed by atoms with Gasteiger partial charge in [0.1, 0.15) is 71.7 Å². The maximum Gasteiger partial charge on any atom is 0.408 e. The van der Waals surface area contributed by atoms with Gasteiger partial charge in [-0.3, -0.25) is 19.2 Å². The van der Waals surface area contributed by atoms with Gasteiger partial charge in [-0.2, -0.15) is 0 Å². The molecule has 1 aliphatic carbocycles. The van der Waals surface area contributed by atoms with E-state index in [9.17, 15) is 28.8 Å². The van der Waals surface area contributed by atoms with Crippen molar-refractivity contribution in [2.24, 2.45) is 17.8 Å². The van der Waals surface area contributed by atoms with Crippen molar-refractivity contribution in [2.75, 3.05) is 13.1 Å². The smallest absolute Gasteiger partial charge is 0.408 e. The second kappa shape index (κ2) is 24.0. The molecule has 444 valence electrons. The standard InChI is InChI=1S/C64H78N10O10/c1-35(2)51(71-61(79)83-63(5,6)7)57(75)69-53(37-19-13-11-14-20-37)59(77)73-25-17-23-45(73)55-65-31-43(67-55)39-27-41-33-82-48-30-40(28-42-34-81-47(29-39)49(41)50(42)48)44-32-66-56(68-44)46-24-18-26-74(46)60(78)54(38-21-15-12-16-22-38)70-58(76)52(36(3)4)72-62(80)84-64(8,9)10/h11-16,19-21,27-32,35-36,38,45-46,51-54H,17-18,22-26,33-34H2,1-10H3,(H,65,67)(H,66,68)(H,69,75)(H,70,76)(H,71,79)(H,72,80)/t38?,45-,46-,51-,52-,53+,54+/m0/s1.